The van der Waals surface area contributed by atoms with Crippen molar-refractivity contribution in [2.45, 2.75) is 40.7 Å². The van der Waals surface area contributed by atoms with E-state index in [0.717, 1.165) is 48.1 Å². The van der Waals surface area contributed by atoms with E-state index in [4.69, 9.17) is 0 Å². The second kappa shape index (κ2) is 11.1. The molecule has 0 aliphatic carbocycles. The van der Waals surface area contributed by atoms with E-state index in [0.29, 0.717) is 17.8 Å². The Labute approximate surface area is 194 Å². The van der Waals surface area contributed by atoms with E-state index in [2.05, 4.69) is 35.1 Å². The molecule has 0 bridgehead atoms. The van der Waals surface area contributed by atoms with Crippen LogP contribution in [0.1, 0.15) is 37.0 Å². The normalized spacial score (nSPS) is 11.2. The Balaban J connectivity index is 1.84. The first-order chi connectivity index (χ1) is 15.8. The number of amides is 2. The molecule has 0 unspecified atom stereocenters. The second-order valence-corrected chi connectivity index (χ2v) is 8.41. The number of aromatic nitrogens is 1. The van der Waals surface area contributed by atoms with Crippen molar-refractivity contribution in [3.05, 3.63) is 75.3 Å². The van der Waals surface area contributed by atoms with Crippen molar-refractivity contribution in [1.29, 1.82) is 0 Å². The number of carbonyl (C=O) groups is 1. The van der Waals surface area contributed by atoms with Gasteiger partial charge < -0.3 is 20.1 Å². The van der Waals surface area contributed by atoms with E-state index >= 15 is 0 Å². The number of nitrogens with one attached hydrogen (secondary N) is 2. The van der Waals surface area contributed by atoms with Crippen molar-refractivity contribution in [3.8, 4) is 0 Å². The van der Waals surface area contributed by atoms with Gasteiger partial charge in [0.1, 0.15) is 5.82 Å². The zero-order chi connectivity index (χ0) is 24.0. The maximum Gasteiger partial charge on any atom is 0.322 e. The smallest absolute Gasteiger partial charge is 0.322 e. The maximum atomic E-state index is 13.2. The van der Waals surface area contributed by atoms with Crippen molar-refractivity contribution in [2.24, 2.45) is 0 Å². The van der Waals surface area contributed by atoms with Crippen molar-refractivity contribution in [2.75, 3.05) is 31.5 Å². The molecule has 0 fully saturated rings. The van der Waals surface area contributed by atoms with Crippen LogP contribution >= 0.6 is 0 Å². The van der Waals surface area contributed by atoms with Crippen molar-refractivity contribution in [1.82, 2.24) is 14.8 Å². The number of benzene rings is 2. The number of anilines is 1. The van der Waals surface area contributed by atoms with E-state index in [9.17, 15) is 14.0 Å². The summed E-state index contributed by atoms with van der Waals surface area (Å²) < 4.78 is 13.2. The molecule has 0 saturated carbocycles. The Morgan fingerprint density at radius 1 is 1.03 bits per heavy atom. The minimum absolute atomic E-state index is 0.184. The molecule has 0 saturated heterocycles. The number of aromatic amines is 1. The first-order valence-corrected chi connectivity index (χ1v) is 11.5. The third-order valence-electron chi connectivity index (χ3n) is 5.93. The fourth-order valence-corrected chi connectivity index (χ4v) is 4.05. The number of urea groups is 1. The second-order valence-electron chi connectivity index (χ2n) is 8.41. The summed E-state index contributed by atoms with van der Waals surface area (Å²) in [6.45, 7) is 11.7. The number of halogens is 1. The molecule has 2 amide bonds. The number of nitrogens with zero attached hydrogens (tertiary/aromatic N) is 2. The van der Waals surface area contributed by atoms with Gasteiger partial charge in [0.25, 0.3) is 5.56 Å². The molecule has 0 spiro atoms. The van der Waals surface area contributed by atoms with E-state index in [1.165, 1.54) is 24.3 Å². The lowest BCUT2D eigenvalue weighted by atomic mass is 10.0. The van der Waals surface area contributed by atoms with Gasteiger partial charge in [0.05, 0.1) is 6.54 Å². The lowest BCUT2D eigenvalue weighted by molar-refractivity contribution is 0.202. The number of hydrogen-bond acceptors (Lipinski definition) is 3. The van der Waals surface area contributed by atoms with Gasteiger partial charge in [-0.05, 0) is 87.4 Å². The van der Waals surface area contributed by atoms with Gasteiger partial charge in [-0.2, -0.15) is 0 Å². The van der Waals surface area contributed by atoms with Crippen LogP contribution in [-0.4, -0.2) is 47.0 Å². The lowest BCUT2D eigenvalue weighted by Gasteiger charge is -2.25. The number of H-pyrrole nitrogens is 1. The van der Waals surface area contributed by atoms with Gasteiger partial charge in [0.2, 0.25) is 0 Å². The molecule has 3 rings (SSSR count). The lowest BCUT2D eigenvalue weighted by Crippen LogP contribution is -2.38. The number of aryl methyl sites for hydroxylation is 2. The van der Waals surface area contributed by atoms with Gasteiger partial charge in [0, 0.05) is 28.7 Å². The Kier molecular flexibility index (Phi) is 8.22. The zero-order valence-corrected chi connectivity index (χ0v) is 19.9. The molecular weight excluding hydrogens is 419 g/mol. The molecular formula is C26H33FN4O2. The van der Waals surface area contributed by atoms with Crippen LogP contribution in [0.4, 0.5) is 14.9 Å². The molecule has 1 heterocycles. The summed E-state index contributed by atoms with van der Waals surface area (Å²) in [7, 11) is 0. The Morgan fingerprint density at radius 3 is 2.39 bits per heavy atom. The number of hydrogen-bond donors (Lipinski definition) is 2. The largest absolute Gasteiger partial charge is 0.322 e. The molecule has 7 heteroatoms. The minimum atomic E-state index is -0.364. The molecule has 3 aromatic rings. The summed E-state index contributed by atoms with van der Waals surface area (Å²) in [6, 6.07) is 11.3. The molecule has 0 atom stereocenters. The van der Waals surface area contributed by atoms with Gasteiger partial charge in [-0.3, -0.25) is 4.79 Å². The van der Waals surface area contributed by atoms with Gasteiger partial charge >= 0.3 is 6.03 Å². The predicted molar refractivity (Wildman–Crippen MR) is 132 cm³/mol. The van der Waals surface area contributed by atoms with E-state index in [-0.39, 0.29) is 24.0 Å². The van der Waals surface area contributed by atoms with Crippen LogP contribution in [0.25, 0.3) is 10.9 Å². The van der Waals surface area contributed by atoms with Crippen LogP contribution in [0.2, 0.25) is 0 Å². The highest BCUT2D eigenvalue weighted by atomic mass is 19.1. The third kappa shape index (κ3) is 6.42. The average Bonchev–Trinajstić information content (AvgIpc) is 2.78. The highest BCUT2D eigenvalue weighted by molar-refractivity contribution is 5.89. The summed E-state index contributed by atoms with van der Waals surface area (Å²) in [6.07, 6.45) is 0.780. The fraction of sp³-hybridized carbons (Fsp3) is 0.385. The molecule has 33 heavy (non-hydrogen) atoms. The molecule has 0 aliphatic rings. The van der Waals surface area contributed by atoms with E-state index in [1.54, 1.807) is 4.90 Å². The van der Waals surface area contributed by atoms with Crippen LogP contribution in [0.5, 0.6) is 0 Å². The quantitative estimate of drug-likeness (QED) is 0.477. The summed E-state index contributed by atoms with van der Waals surface area (Å²) >= 11 is 0. The minimum Gasteiger partial charge on any atom is -0.322 e. The first kappa shape index (κ1) is 24.5. The highest BCUT2D eigenvalue weighted by Gasteiger charge is 2.17. The molecule has 6 nitrogen and oxygen atoms in total. The monoisotopic (exact) mass is 452 g/mol. The van der Waals surface area contributed by atoms with Gasteiger partial charge in [-0.15, -0.1) is 0 Å². The molecule has 1 aromatic heterocycles. The van der Waals surface area contributed by atoms with Crippen LogP contribution in [0.15, 0.2) is 47.3 Å². The third-order valence-corrected chi connectivity index (χ3v) is 5.93. The SMILES string of the molecule is CCN(CC)CCCN(Cc1cc2c(C)cc(C)cc2[nH]c1=O)C(=O)Nc1ccc(F)cc1. The Bertz CT molecular complexity index is 1150. The molecule has 2 aromatic carbocycles. The summed E-state index contributed by atoms with van der Waals surface area (Å²) in [5.74, 6) is -0.364. The van der Waals surface area contributed by atoms with Gasteiger partial charge in [-0.25, -0.2) is 9.18 Å². The first-order valence-electron chi connectivity index (χ1n) is 11.5. The van der Waals surface area contributed by atoms with Crippen molar-refractivity contribution >= 4 is 22.6 Å². The Hall–Kier alpha value is -3.19. The van der Waals surface area contributed by atoms with Gasteiger partial charge in [-0.1, -0.05) is 19.9 Å². The molecule has 176 valence electrons. The number of pyridine rings is 1. The van der Waals surface area contributed by atoms with Gasteiger partial charge in [0.15, 0.2) is 0 Å². The summed E-state index contributed by atoms with van der Waals surface area (Å²) in [5.41, 5.74) is 3.80. The molecule has 2 N–H and O–H groups in total. The molecule has 0 aliphatic heterocycles. The summed E-state index contributed by atoms with van der Waals surface area (Å²) in [4.78, 5) is 32.8. The number of carbonyl (C=O) groups excluding carboxylic acids is 1. The van der Waals surface area contributed by atoms with Crippen LogP contribution in [0, 0.1) is 19.7 Å². The zero-order valence-electron chi connectivity index (χ0n) is 19.9. The number of rotatable bonds is 9. The molecule has 0 radical (unpaired) electrons. The fourth-order valence-electron chi connectivity index (χ4n) is 4.05. The van der Waals surface area contributed by atoms with E-state index in [1.807, 2.05) is 26.0 Å². The maximum absolute atomic E-state index is 13.2. The van der Waals surface area contributed by atoms with Crippen LogP contribution < -0.4 is 10.9 Å². The average molecular weight is 453 g/mol. The predicted octanol–water partition coefficient (Wildman–Crippen LogP) is 5.05. The van der Waals surface area contributed by atoms with Crippen molar-refractivity contribution in [3.63, 3.8) is 0 Å². The van der Waals surface area contributed by atoms with Crippen LogP contribution in [0.3, 0.4) is 0 Å². The number of fused-ring (bicyclic) bond motifs is 1. The van der Waals surface area contributed by atoms with Crippen molar-refractivity contribution < 1.29 is 9.18 Å². The standard InChI is InChI=1S/C26H33FN4O2/c1-5-30(6-2)12-7-13-31(26(33)28-22-10-8-21(27)9-11-22)17-20-16-23-19(4)14-18(3)15-24(23)29-25(20)32/h8-11,14-16H,5-7,12-13,17H2,1-4H3,(H,28,33)(H,29,32). The topological polar surface area (TPSA) is 68.4 Å². The Morgan fingerprint density at radius 2 is 1.73 bits per heavy atom. The summed E-state index contributed by atoms with van der Waals surface area (Å²) in [5, 5.41) is 3.80. The van der Waals surface area contributed by atoms with Crippen LogP contribution in [-0.2, 0) is 6.54 Å². The highest BCUT2D eigenvalue weighted by Crippen LogP contribution is 2.19. The van der Waals surface area contributed by atoms with E-state index < -0.39 is 0 Å².